The van der Waals surface area contributed by atoms with Crippen molar-refractivity contribution in [3.05, 3.63) is 24.3 Å². The van der Waals surface area contributed by atoms with Gasteiger partial charge in [0, 0.05) is 18.3 Å². The third-order valence-corrected chi connectivity index (χ3v) is 3.57. The lowest BCUT2D eigenvalue weighted by Gasteiger charge is -2.22. The van der Waals surface area contributed by atoms with Gasteiger partial charge in [0.15, 0.2) is 0 Å². The van der Waals surface area contributed by atoms with E-state index >= 15 is 0 Å². The molecule has 1 heterocycles. The number of nitrogens with one attached hydrogen (secondary N) is 1. The Labute approximate surface area is 120 Å². The lowest BCUT2D eigenvalue weighted by molar-refractivity contribution is -0.117. The fraction of sp³-hybridized carbons (Fsp3) is 0.533. The smallest absolute Gasteiger partial charge is 0.238 e. The van der Waals surface area contributed by atoms with Crippen molar-refractivity contribution in [2.45, 2.75) is 25.8 Å². The fourth-order valence-corrected chi connectivity index (χ4v) is 2.56. The molecule has 0 aliphatic carbocycles. The maximum Gasteiger partial charge on any atom is 0.238 e. The number of amides is 1. The zero-order valence-corrected chi connectivity index (χ0v) is 12.0. The number of benzene rings is 1. The van der Waals surface area contributed by atoms with E-state index in [1.54, 1.807) is 0 Å². The third kappa shape index (κ3) is 3.95. The van der Waals surface area contributed by atoms with E-state index in [2.05, 4.69) is 10.2 Å². The quantitative estimate of drug-likeness (QED) is 0.826. The summed E-state index contributed by atoms with van der Waals surface area (Å²) in [7, 11) is 0. The lowest BCUT2D eigenvalue weighted by atomic mass is 10.2. The maximum atomic E-state index is 12.0. The average molecular weight is 277 g/mol. The van der Waals surface area contributed by atoms with Gasteiger partial charge in [0.05, 0.1) is 13.2 Å². The molecule has 1 amide bonds. The van der Waals surface area contributed by atoms with Crippen LogP contribution in [0.3, 0.4) is 0 Å². The van der Waals surface area contributed by atoms with Gasteiger partial charge in [-0.1, -0.05) is 0 Å². The zero-order chi connectivity index (χ0) is 14.4. The third-order valence-electron chi connectivity index (χ3n) is 3.57. The molecule has 5 heteroatoms. The van der Waals surface area contributed by atoms with E-state index in [0.717, 1.165) is 30.8 Å². The molecule has 110 valence electrons. The van der Waals surface area contributed by atoms with Crippen LogP contribution in [0, 0.1) is 0 Å². The van der Waals surface area contributed by atoms with Crippen molar-refractivity contribution < 1.29 is 9.53 Å². The molecule has 1 unspecified atom stereocenters. The van der Waals surface area contributed by atoms with E-state index in [1.807, 2.05) is 31.2 Å². The SMILES string of the molecule is CCOc1ccc(NC(=O)CN2CCCC2CN)cc1. The predicted molar refractivity (Wildman–Crippen MR) is 79.9 cm³/mol. The molecule has 1 aromatic rings. The number of nitrogens with two attached hydrogens (primary N) is 1. The van der Waals surface area contributed by atoms with Gasteiger partial charge >= 0.3 is 0 Å². The molecule has 2 rings (SSSR count). The largest absolute Gasteiger partial charge is 0.494 e. The van der Waals surface area contributed by atoms with Gasteiger partial charge < -0.3 is 15.8 Å². The van der Waals surface area contributed by atoms with Crippen LogP contribution in [0.4, 0.5) is 5.69 Å². The topological polar surface area (TPSA) is 67.6 Å². The predicted octanol–water partition coefficient (Wildman–Crippen LogP) is 1.45. The van der Waals surface area contributed by atoms with E-state index in [9.17, 15) is 4.79 Å². The summed E-state index contributed by atoms with van der Waals surface area (Å²) in [5, 5.41) is 2.91. The molecule has 1 aliphatic heterocycles. The van der Waals surface area contributed by atoms with Crippen molar-refractivity contribution in [1.29, 1.82) is 0 Å². The monoisotopic (exact) mass is 277 g/mol. The van der Waals surface area contributed by atoms with Crippen LogP contribution in [0.1, 0.15) is 19.8 Å². The molecule has 0 bridgehead atoms. The molecular weight excluding hydrogens is 254 g/mol. The summed E-state index contributed by atoms with van der Waals surface area (Å²) in [4.78, 5) is 14.2. The summed E-state index contributed by atoms with van der Waals surface area (Å²) >= 11 is 0. The van der Waals surface area contributed by atoms with Gasteiger partial charge in [-0.2, -0.15) is 0 Å². The molecule has 3 N–H and O–H groups in total. The highest BCUT2D eigenvalue weighted by Crippen LogP contribution is 2.17. The summed E-state index contributed by atoms with van der Waals surface area (Å²) in [5.41, 5.74) is 6.50. The van der Waals surface area contributed by atoms with Gasteiger partial charge in [-0.15, -0.1) is 0 Å². The minimum Gasteiger partial charge on any atom is -0.494 e. The number of likely N-dealkylation sites (tertiary alicyclic amines) is 1. The Bertz CT molecular complexity index is 433. The second kappa shape index (κ2) is 7.26. The number of ether oxygens (including phenoxy) is 1. The van der Waals surface area contributed by atoms with E-state index < -0.39 is 0 Å². The van der Waals surface area contributed by atoms with Crippen LogP contribution in [-0.4, -0.2) is 43.1 Å². The van der Waals surface area contributed by atoms with Crippen LogP contribution < -0.4 is 15.8 Å². The highest BCUT2D eigenvalue weighted by Gasteiger charge is 2.24. The van der Waals surface area contributed by atoms with E-state index in [4.69, 9.17) is 10.5 Å². The standard InChI is InChI=1S/C15H23N3O2/c1-2-20-14-7-5-12(6-8-14)17-15(19)11-18-9-3-4-13(18)10-16/h5-8,13H,2-4,9-11,16H2,1H3,(H,17,19). The molecule has 1 aliphatic rings. The Morgan fingerprint density at radius 3 is 2.85 bits per heavy atom. The Morgan fingerprint density at radius 1 is 1.45 bits per heavy atom. The Kier molecular flexibility index (Phi) is 5.38. The average Bonchev–Trinajstić information content (AvgIpc) is 2.88. The second-order valence-electron chi connectivity index (χ2n) is 5.01. The van der Waals surface area contributed by atoms with Gasteiger partial charge in [-0.25, -0.2) is 0 Å². The summed E-state index contributed by atoms with van der Waals surface area (Å²) in [6, 6.07) is 7.77. The molecule has 0 saturated carbocycles. The normalized spacial score (nSPS) is 19.0. The molecule has 0 radical (unpaired) electrons. The molecule has 1 aromatic carbocycles. The molecule has 5 nitrogen and oxygen atoms in total. The van der Waals surface area contributed by atoms with Crippen LogP contribution in [-0.2, 0) is 4.79 Å². The molecule has 1 fully saturated rings. The van der Waals surface area contributed by atoms with Gasteiger partial charge in [0.1, 0.15) is 5.75 Å². The fourth-order valence-electron chi connectivity index (χ4n) is 2.56. The number of hydrogen-bond donors (Lipinski definition) is 2. The highest BCUT2D eigenvalue weighted by atomic mass is 16.5. The van der Waals surface area contributed by atoms with E-state index in [-0.39, 0.29) is 5.91 Å². The van der Waals surface area contributed by atoms with Crippen molar-refractivity contribution in [2.24, 2.45) is 5.73 Å². The maximum absolute atomic E-state index is 12.0. The number of carbonyl (C=O) groups is 1. The summed E-state index contributed by atoms with van der Waals surface area (Å²) < 4.78 is 5.37. The number of rotatable bonds is 6. The minimum atomic E-state index is 0.00881. The first kappa shape index (κ1) is 14.8. The lowest BCUT2D eigenvalue weighted by Crippen LogP contribution is -2.40. The van der Waals surface area contributed by atoms with Crippen LogP contribution in [0.15, 0.2) is 24.3 Å². The highest BCUT2D eigenvalue weighted by molar-refractivity contribution is 5.92. The molecule has 0 aromatic heterocycles. The van der Waals surface area contributed by atoms with Crippen molar-refractivity contribution in [2.75, 3.05) is 31.6 Å². The van der Waals surface area contributed by atoms with Crippen LogP contribution >= 0.6 is 0 Å². The number of anilines is 1. The van der Waals surface area contributed by atoms with Crippen LogP contribution in [0.25, 0.3) is 0 Å². The summed E-state index contributed by atoms with van der Waals surface area (Å²) in [6.07, 6.45) is 2.21. The van der Waals surface area contributed by atoms with E-state index in [0.29, 0.717) is 25.7 Å². The van der Waals surface area contributed by atoms with Crippen molar-refractivity contribution >= 4 is 11.6 Å². The van der Waals surface area contributed by atoms with Crippen molar-refractivity contribution in [3.63, 3.8) is 0 Å². The number of carbonyl (C=O) groups excluding carboxylic acids is 1. The van der Waals surface area contributed by atoms with Gasteiger partial charge in [0.25, 0.3) is 0 Å². The van der Waals surface area contributed by atoms with E-state index in [1.165, 1.54) is 0 Å². The van der Waals surface area contributed by atoms with Gasteiger partial charge in [-0.3, -0.25) is 9.69 Å². The molecule has 1 saturated heterocycles. The molecular formula is C15H23N3O2. The summed E-state index contributed by atoms with van der Waals surface area (Å²) in [6.45, 7) is 4.57. The number of nitrogens with zero attached hydrogens (tertiary/aromatic N) is 1. The minimum absolute atomic E-state index is 0.00881. The zero-order valence-electron chi connectivity index (χ0n) is 12.0. The Hall–Kier alpha value is -1.59. The molecule has 1 atom stereocenters. The number of hydrogen-bond acceptors (Lipinski definition) is 4. The van der Waals surface area contributed by atoms with Crippen molar-refractivity contribution in [3.8, 4) is 5.75 Å². The van der Waals surface area contributed by atoms with Gasteiger partial charge in [-0.05, 0) is 50.6 Å². The van der Waals surface area contributed by atoms with Gasteiger partial charge in [0.2, 0.25) is 5.91 Å². The molecule has 0 spiro atoms. The Balaban J connectivity index is 1.84. The summed E-state index contributed by atoms with van der Waals surface area (Å²) in [5.74, 6) is 0.822. The first-order chi connectivity index (χ1) is 9.72. The first-order valence-electron chi connectivity index (χ1n) is 7.19. The van der Waals surface area contributed by atoms with Crippen molar-refractivity contribution in [1.82, 2.24) is 4.90 Å². The second-order valence-corrected chi connectivity index (χ2v) is 5.01. The molecule has 20 heavy (non-hydrogen) atoms. The Morgan fingerprint density at radius 2 is 2.20 bits per heavy atom. The van der Waals surface area contributed by atoms with Crippen LogP contribution in [0.2, 0.25) is 0 Å². The first-order valence-corrected chi connectivity index (χ1v) is 7.19. The van der Waals surface area contributed by atoms with Crippen LogP contribution in [0.5, 0.6) is 5.75 Å².